The summed E-state index contributed by atoms with van der Waals surface area (Å²) in [5, 5.41) is 23.8. The van der Waals surface area contributed by atoms with E-state index in [0.29, 0.717) is 16.7 Å². The summed E-state index contributed by atoms with van der Waals surface area (Å²) in [5.74, 6) is 0. The van der Waals surface area contributed by atoms with Crippen molar-refractivity contribution in [2.45, 2.75) is 0 Å². The second-order valence-corrected chi connectivity index (χ2v) is 8.81. The third-order valence-electron chi connectivity index (χ3n) is 6.89. The van der Waals surface area contributed by atoms with E-state index in [1.54, 1.807) is 18.2 Å². The number of benzene rings is 5. The number of aromatic nitrogens is 1. The summed E-state index contributed by atoms with van der Waals surface area (Å²) in [5.41, 5.74) is 7.36. The molecule has 4 heteroatoms. The highest BCUT2D eigenvalue weighted by molar-refractivity contribution is 6.11. The minimum Gasteiger partial charge on any atom is -0.456 e. The zero-order valence-corrected chi connectivity index (χ0v) is 19.1. The van der Waals surface area contributed by atoms with Gasteiger partial charge in [0.1, 0.15) is 11.2 Å². The molecule has 7 aromatic rings. The number of hydrogen-bond donors (Lipinski definition) is 0. The van der Waals surface area contributed by atoms with Crippen molar-refractivity contribution in [1.29, 1.82) is 10.5 Å². The first-order valence-corrected chi connectivity index (χ1v) is 11.7. The Labute approximate surface area is 206 Å². The van der Waals surface area contributed by atoms with Gasteiger partial charge in [0.25, 0.3) is 0 Å². The summed E-state index contributed by atoms with van der Waals surface area (Å²) >= 11 is 0. The van der Waals surface area contributed by atoms with Crippen LogP contribution in [-0.2, 0) is 0 Å². The molecule has 166 valence electrons. The fourth-order valence-electron chi connectivity index (χ4n) is 5.31. The van der Waals surface area contributed by atoms with Crippen molar-refractivity contribution < 1.29 is 4.42 Å². The maximum Gasteiger partial charge on any atom is 0.137 e. The van der Waals surface area contributed by atoms with E-state index >= 15 is 0 Å². The number of nitrogens with zero attached hydrogens (tertiary/aromatic N) is 3. The molecule has 0 saturated heterocycles. The van der Waals surface area contributed by atoms with Crippen molar-refractivity contribution in [2.75, 3.05) is 0 Å². The average Bonchev–Trinajstić information content (AvgIpc) is 3.47. The third-order valence-corrected chi connectivity index (χ3v) is 6.89. The molecule has 0 bridgehead atoms. The zero-order valence-electron chi connectivity index (χ0n) is 19.1. The van der Waals surface area contributed by atoms with E-state index in [0.717, 1.165) is 55.0 Å². The van der Waals surface area contributed by atoms with Crippen LogP contribution in [0, 0.1) is 22.7 Å². The highest BCUT2D eigenvalue weighted by Gasteiger charge is 2.17. The van der Waals surface area contributed by atoms with Crippen LogP contribution in [0.15, 0.2) is 108 Å². The minimum absolute atomic E-state index is 0.493. The molecule has 5 aromatic carbocycles. The summed E-state index contributed by atoms with van der Waals surface area (Å²) in [6.07, 6.45) is 0. The Balaban J connectivity index is 1.51. The van der Waals surface area contributed by atoms with E-state index in [-0.39, 0.29) is 0 Å². The van der Waals surface area contributed by atoms with Gasteiger partial charge in [0.2, 0.25) is 0 Å². The molecule has 0 aliphatic rings. The predicted octanol–water partition coefficient (Wildman–Crippen LogP) is 8.09. The molecule has 0 fully saturated rings. The summed E-state index contributed by atoms with van der Waals surface area (Å²) in [6, 6.07) is 38.6. The number of nitriles is 2. The molecule has 0 N–H and O–H groups in total. The minimum atomic E-state index is 0.493. The maximum absolute atomic E-state index is 9.70. The molecule has 0 saturated carbocycles. The maximum atomic E-state index is 9.70. The molecule has 7 rings (SSSR count). The van der Waals surface area contributed by atoms with Crippen LogP contribution >= 0.6 is 0 Å². The molecule has 0 unspecified atom stereocenters. The zero-order chi connectivity index (χ0) is 24.2. The average molecular weight is 460 g/mol. The van der Waals surface area contributed by atoms with E-state index in [2.05, 4.69) is 65.2 Å². The molecule has 36 heavy (non-hydrogen) atoms. The van der Waals surface area contributed by atoms with Crippen LogP contribution in [0.1, 0.15) is 11.1 Å². The highest BCUT2D eigenvalue weighted by Crippen LogP contribution is 2.38. The number of para-hydroxylation sites is 2. The van der Waals surface area contributed by atoms with Gasteiger partial charge in [-0.1, -0.05) is 48.5 Å². The van der Waals surface area contributed by atoms with E-state index in [1.807, 2.05) is 36.4 Å². The van der Waals surface area contributed by atoms with Gasteiger partial charge in [-0.2, -0.15) is 10.5 Å². The first kappa shape index (κ1) is 20.1. The van der Waals surface area contributed by atoms with Gasteiger partial charge in [-0.15, -0.1) is 0 Å². The van der Waals surface area contributed by atoms with Crippen LogP contribution in [0.3, 0.4) is 0 Å². The van der Waals surface area contributed by atoms with Crippen LogP contribution in [0.2, 0.25) is 0 Å². The Morgan fingerprint density at radius 3 is 2.06 bits per heavy atom. The number of fused-ring (bicyclic) bond motifs is 6. The second-order valence-electron chi connectivity index (χ2n) is 8.81. The first-order valence-electron chi connectivity index (χ1n) is 11.7. The smallest absolute Gasteiger partial charge is 0.137 e. The lowest BCUT2D eigenvalue weighted by Gasteiger charge is -2.10. The Morgan fingerprint density at radius 2 is 1.25 bits per heavy atom. The fraction of sp³-hybridized carbons (Fsp3) is 0. The molecule has 0 aliphatic carbocycles. The molecule has 2 aromatic heterocycles. The lowest BCUT2D eigenvalue weighted by Crippen LogP contribution is -1.94. The van der Waals surface area contributed by atoms with Gasteiger partial charge in [-0.25, -0.2) is 0 Å². The highest BCUT2D eigenvalue weighted by atomic mass is 16.3. The Kier molecular flexibility index (Phi) is 4.24. The van der Waals surface area contributed by atoms with Gasteiger partial charge in [0.15, 0.2) is 0 Å². The molecule has 0 atom stereocenters. The predicted molar refractivity (Wildman–Crippen MR) is 143 cm³/mol. The van der Waals surface area contributed by atoms with Crippen LogP contribution in [0.4, 0.5) is 0 Å². The summed E-state index contributed by atoms with van der Waals surface area (Å²) < 4.78 is 8.41. The van der Waals surface area contributed by atoms with Crippen molar-refractivity contribution >= 4 is 43.7 Å². The Bertz CT molecular complexity index is 2050. The molecule has 2 heterocycles. The van der Waals surface area contributed by atoms with Crippen molar-refractivity contribution in [2.24, 2.45) is 0 Å². The van der Waals surface area contributed by atoms with Crippen molar-refractivity contribution in [3.8, 4) is 29.0 Å². The van der Waals surface area contributed by atoms with Crippen molar-refractivity contribution in [1.82, 2.24) is 4.57 Å². The second kappa shape index (κ2) is 7.60. The van der Waals surface area contributed by atoms with Gasteiger partial charge in [0.05, 0.1) is 34.3 Å². The molecule has 0 radical (unpaired) electrons. The van der Waals surface area contributed by atoms with Crippen LogP contribution in [0.25, 0.3) is 60.6 Å². The standard InChI is InChI=1S/C32H17N3O/c33-18-21-6-5-7-22(19-34)32(21)20-12-15-29-27(16-20)24-8-1-3-10-28(24)35(29)23-13-14-26-25-9-2-4-11-30(25)36-31(26)17-23/h1-17H. The van der Waals surface area contributed by atoms with E-state index in [1.165, 1.54) is 0 Å². The quantitative estimate of drug-likeness (QED) is 0.262. The summed E-state index contributed by atoms with van der Waals surface area (Å²) in [6.45, 7) is 0. The molecule has 0 amide bonds. The lowest BCUT2D eigenvalue weighted by atomic mass is 9.94. The van der Waals surface area contributed by atoms with Gasteiger partial charge in [-0.05, 0) is 54.1 Å². The SMILES string of the molecule is N#Cc1cccc(C#N)c1-c1ccc2c(c1)c1ccccc1n2-c1ccc2c(c1)oc1ccccc12. The van der Waals surface area contributed by atoms with E-state index in [4.69, 9.17) is 4.42 Å². The van der Waals surface area contributed by atoms with Crippen LogP contribution in [-0.4, -0.2) is 4.57 Å². The summed E-state index contributed by atoms with van der Waals surface area (Å²) in [7, 11) is 0. The largest absolute Gasteiger partial charge is 0.456 e. The van der Waals surface area contributed by atoms with E-state index < -0.39 is 0 Å². The molecule has 0 spiro atoms. The normalized spacial score (nSPS) is 11.3. The van der Waals surface area contributed by atoms with Crippen LogP contribution in [0.5, 0.6) is 0 Å². The van der Waals surface area contributed by atoms with Gasteiger partial charge < -0.3 is 8.98 Å². The topological polar surface area (TPSA) is 65.7 Å². The summed E-state index contributed by atoms with van der Waals surface area (Å²) in [4.78, 5) is 0. The third kappa shape index (κ3) is 2.79. The van der Waals surface area contributed by atoms with Crippen LogP contribution < -0.4 is 0 Å². The van der Waals surface area contributed by atoms with Crippen molar-refractivity contribution in [3.63, 3.8) is 0 Å². The van der Waals surface area contributed by atoms with Gasteiger partial charge in [-0.3, -0.25) is 0 Å². The van der Waals surface area contributed by atoms with Gasteiger partial charge in [0, 0.05) is 38.9 Å². The molecular weight excluding hydrogens is 442 g/mol. The lowest BCUT2D eigenvalue weighted by molar-refractivity contribution is 0.668. The Hall–Kier alpha value is -5.32. The monoisotopic (exact) mass is 459 g/mol. The van der Waals surface area contributed by atoms with Crippen molar-refractivity contribution in [3.05, 3.63) is 114 Å². The Morgan fingerprint density at radius 1 is 0.556 bits per heavy atom. The fourth-order valence-corrected chi connectivity index (χ4v) is 5.31. The first-order chi connectivity index (χ1) is 17.8. The number of rotatable bonds is 2. The molecule has 4 nitrogen and oxygen atoms in total. The van der Waals surface area contributed by atoms with Gasteiger partial charge >= 0.3 is 0 Å². The molecular formula is C32H17N3O. The van der Waals surface area contributed by atoms with E-state index in [9.17, 15) is 10.5 Å². The number of hydrogen-bond acceptors (Lipinski definition) is 3. The number of furan rings is 1. The molecule has 0 aliphatic heterocycles.